The van der Waals surface area contributed by atoms with Crippen molar-refractivity contribution in [3.8, 4) is 0 Å². The molecule has 0 bridgehead atoms. The maximum atomic E-state index is 10.4. The van der Waals surface area contributed by atoms with Gasteiger partial charge < -0.3 is 5.11 Å². The van der Waals surface area contributed by atoms with Gasteiger partial charge in [0, 0.05) is 6.42 Å². The number of rotatable bonds is 3. The largest absolute Gasteiger partial charge is 0.475 e. The summed E-state index contributed by atoms with van der Waals surface area (Å²) in [6, 6.07) is 0. The van der Waals surface area contributed by atoms with Gasteiger partial charge in [-0.1, -0.05) is 0 Å². The third kappa shape index (κ3) is 1.44. The summed E-state index contributed by atoms with van der Waals surface area (Å²) in [4.78, 5) is 14.2. The molecule has 1 aromatic heterocycles. The predicted octanol–water partition coefficient (Wildman–Crippen LogP) is 0.455. The molecule has 0 unspecified atom stereocenters. The van der Waals surface area contributed by atoms with Gasteiger partial charge in [-0.2, -0.15) is 0 Å². The summed E-state index contributed by atoms with van der Waals surface area (Å²) in [6.07, 6.45) is 3.28. The van der Waals surface area contributed by atoms with E-state index in [1.807, 2.05) is 0 Å². The molecule has 2 rings (SSSR count). The Morgan fingerprint density at radius 2 is 2.42 bits per heavy atom. The number of aromatic carboxylic acids is 1. The number of nitrogens with one attached hydrogen (secondary N) is 1. The van der Waals surface area contributed by atoms with Crippen LogP contribution in [0, 0.1) is 5.92 Å². The third-order valence-electron chi connectivity index (χ3n) is 1.90. The second kappa shape index (κ2) is 2.58. The molecule has 0 saturated heterocycles. The van der Waals surface area contributed by atoms with Crippen LogP contribution in [0.25, 0.3) is 0 Å². The summed E-state index contributed by atoms with van der Waals surface area (Å²) in [5, 5.41) is 14.7. The molecule has 5 nitrogen and oxygen atoms in total. The quantitative estimate of drug-likeness (QED) is 0.685. The zero-order valence-electron chi connectivity index (χ0n) is 6.45. The van der Waals surface area contributed by atoms with Crippen LogP contribution in [0.15, 0.2) is 0 Å². The lowest BCUT2D eigenvalue weighted by Crippen LogP contribution is -1.99. The zero-order valence-corrected chi connectivity index (χ0v) is 6.45. The lowest BCUT2D eigenvalue weighted by atomic mass is 10.3. The van der Waals surface area contributed by atoms with Crippen molar-refractivity contribution in [2.45, 2.75) is 19.3 Å². The van der Waals surface area contributed by atoms with Crippen LogP contribution >= 0.6 is 0 Å². The van der Waals surface area contributed by atoms with Crippen LogP contribution in [0.5, 0.6) is 0 Å². The average Bonchev–Trinajstić information content (AvgIpc) is 2.66. The molecule has 0 atom stereocenters. The number of carbonyl (C=O) groups is 1. The van der Waals surface area contributed by atoms with Crippen LogP contribution in [0.1, 0.15) is 29.3 Å². The third-order valence-corrected chi connectivity index (χ3v) is 1.90. The lowest BCUT2D eigenvalue weighted by molar-refractivity contribution is 0.0684. The Hall–Kier alpha value is -1.39. The van der Waals surface area contributed by atoms with E-state index in [-0.39, 0.29) is 5.82 Å². The fourth-order valence-electron chi connectivity index (χ4n) is 1.08. The monoisotopic (exact) mass is 167 g/mol. The molecular weight excluding hydrogens is 158 g/mol. The van der Waals surface area contributed by atoms with E-state index in [1.54, 1.807) is 0 Å². The minimum atomic E-state index is -1.08. The van der Waals surface area contributed by atoms with Crippen LogP contribution in [0.3, 0.4) is 0 Å². The minimum absolute atomic E-state index is 0.134. The van der Waals surface area contributed by atoms with Crippen molar-refractivity contribution in [2.24, 2.45) is 5.92 Å². The summed E-state index contributed by atoms with van der Waals surface area (Å²) >= 11 is 0. The van der Waals surface area contributed by atoms with E-state index in [0.717, 1.165) is 6.42 Å². The second-order valence-electron chi connectivity index (χ2n) is 3.06. The van der Waals surface area contributed by atoms with Crippen molar-refractivity contribution >= 4 is 5.97 Å². The molecule has 0 spiro atoms. The molecule has 12 heavy (non-hydrogen) atoms. The number of H-pyrrole nitrogens is 1. The van der Waals surface area contributed by atoms with Gasteiger partial charge in [0.1, 0.15) is 5.82 Å². The first-order valence-corrected chi connectivity index (χ1v) is 3.90. The van der Waals surface area contributed by atoms with Crippen molar-refractivity contribution in [1.29, 1.82) is 0 Å². The first-order valence-electron chi connectivity index (χ1n) is 3.90. The molecule has 1 aliphatic rings. The standard InChI is InChI=1S/C7H9N3O2/c11-7(12)6-8-5(9-10-6)3-4-1-2-4/h4H,1-3H2,(H,11,12)(H,8,9,10). The molecule has 1 aromatic rings. The van der Waals surface area contributed by atoms with E-state index in [9.17, 15) is 4.79 Å². The highest BCUT2D eigenvalue weighted by molar-refractivity contribution is 5.82. The van der Waals surface area contributed by atoms with Crippen LogP contribution in [-0.2, 0) is 6.42 Å². The molecule has 0 amide bonds. The number of carboxylic acid groups (broad SMARTS) is 1. The Labute approximate surface area is 68.8 Å². The van der Waals surface area contributed by atoms with Crippen molar-refractivity contribution in [2.75, 3.05) is 0 Å². The fourth-order valence-corrected chi connectivity index (χ4v) is 1.08. The molecule has 1 heterocycles. The first-order chi connectivity index (χ1) is 5.75. The Kier molecular flexibility index (Phi) is 1.56. The van der Waals surface area contributed by atoms with Crippen molar-refractivity contribution in [3.63, 3.8) is 0 Å². The molecule has 64 valence electrons. The lowest BCUT2D eigenvalue weighted by Gasteiger charge is -1.87. The van der Waals surface area contributed by atoms with E-state index in [0.29, 0.717) is 11.7 Å². The van der Waals surface area contributed by atoms with Gasteiger partial charge in [0.05, 0.1) is 0 Å². The van der Waals surface area contributed by atoms with E-state index in [2.05, 4.69) is 15.2 Å². The van der Waals surface area contributed by atoms with E-state index < -0.39 is 5.97 Å². The van der Waals surface area contributed by atoms with Crippen molar-refractivity contribution in [1.82, 2.24) is 15.2 Å². The molecule has 2 N–H and O–H groups in total. The maximum Gasteiger partial charge on any atom is 0.375 e. The molecule has 0 radical (unpaired) electrons. The first kappa shape index (κ1) is 7.27. The van der Waals surface area contributed by atoms with Gasteiger partial charge in [-0.15, -0.1) is 5.10 Å². The summed E-state index contributed by atoms with van der Waals surface area (Å²) in [6.45, 7) is 0. The van der Waals surface area contributed by atoms with Gasteiger partial charge in [0.25, 0.3) is 5.82 Å². The number of hydrogen-bond acceptors (Lipinski definition) is 3. The Balaban J connectivity index is 2.06. The number of aromatic nitrogens is 3. The summed E-state index contributed by atoms with van der Waals surface area (Å²) in [5.74, 6) is 0.174. The molecule has 1 aliphatic carbocycles. The van der Waals surface area contributed by atoms with Crippen LogP contribution < -0.4 is 0 Å². The van der Waals surface area contributed by atoms with Gasteiger partial charge >= 0.3 is 5.97 Å². The van der Waals surface area contributed by atoms with E-state index in [4.69, 9.17) is 5.11 Å². The highest BCUT2D eigenvalue weighted by Crippen LogP contribution is 2.31. The van der Waals surface area contributed by atoms with Crippen LogP contribution in [-0.4, -0.2) is 26.3 Å². The van der Waals surface area contributed by atoms with Crippen LogP contribution in [0.4, 0.5) is 0 Å². The summed E-state index contributed by atoms with van der Waals surface area (Å²) in [7, 11) is 0. The maximum absolute atomic E-state index is 10.4. The number of aromatic amines is 1. The van der Waals surface area contributed by atoms with Gasteiger partial charge in [-0.3, -0.25) is 5.10 Å². The molecule has 1 fully saturated rings. The number of nitrogens with zero attached hydrogens (tertiary/aromatic N) is 2. The van der Waals surface area contributed by atoms with Crippen LogP contribution in [0.2, 0.25) is 0 Å². The van der Waals surface area contributed by atoms with Crippen molar-refractivity contribution in [3.05, 3.63) is 11.6 Å². The topological polar surface area (TPSA) is 78.9 Å². The minimum Gasteiger partial charge on any atom is -0.475 e. The van der Waals surface area contributed by atoms with E-state index in [1.165, 1.54) is 12.8 Å². The van der Waals surface area contributed by atoms with E-state index >= 15 is 0 Å². The van der Waals surface area contributed by atoms with Gasteiger partial charge in [0.2, 0.25) is 0 Å². The Morgan fingerprint density at radius 3 is 2.92 bits per heavy atom. The average molecular weight is 167 g/mol. The normalized spacial score (nSPS) is 16.3. The van der Waals surface area contributed by atoms with Gasteiger partial charge in [-0.05, 0) is 18.8 Å². The molecule has 1 saturated carbocycles. The summed E-state index contributed by atoms with van der Waals surface area (Å²) < 4.78 is 0. The summed E-state index contributed by atoms with van der Waals surface area (Å²) in [5.41, 5.74) is 0. The highest BCUT2D eigenvalue weighted by Gasteiger charge is 2.23. The van der Waals surface area contributed by atoms with Gasteiger partial charge in [0.15, 0.2) is 0 Å². The molecule has 0 aromatic carbocycles. The molecular formula is C7H9N3O2. The van der Waals surface area contributed by atoms with Crippen molar-refractivity contribution < 1.29 is 9.90 Å². The molecule has 0 aliphatic heterocycles. The smallest absolute Gasteiger partial charge is 0.375 e. The SMILES string of the molecule is O=C(O)c1n[nH]c(CC2CC2)n1. The zero-order chi connectivity index (χ0) is 8.55. The highest BCUT2D eigenvalue weighted by atomic mass is 16.4. The number of hydrogen-bond donors (Lipinski definition) is 2. The Bertz CT molecular complexity index is 303. The van der Waals surface area contributed by atoms with Gasteiger partial charge in [-0.25, -0.2) is 9.78 Å². The Morgan fingerprint density at radius 1 is 1.67 bits per heavy atom. The second-order valence-corrected chi connectivity index (χ2v) is 3.06. The fraction of sp³-hybridized carbons (Fsp3) is 0.571. The molecule has 5 heteroatoms. The predicted molar refractivity (Wildman–Crippen MR) is 39.8 cm³/mol. The number of carboxylic acids is 1.